The second kappa shape index (κ2) is 8.45. The second-order valence-corrected chi connectivity index (χ2v) is 9.13. The highest BCUT2D eigenvalue weighted by molar-refractivity contribution is 6.28. The first-order chi connectivity index (χ1) is 17.7. The van der Waals surface area contributed by atoms with Crippen LogP contribution in [0.5, 0.6) is 0 Å². The molecule has 1 unspecified atom stereocenters. The van der Waals surface area contributed by atoms with E-state index in [0.29, 0.717) is 6.07 Å². The number of nitrogen functional groups attached to an aromatic ring is 1. The Labute approximate surface area is 213 Å². The first-order valence-electron chi connectivity index (χ1n) is 10.7. The van der Waals surface area contributed by atoms with E-state index in [1.807, 2.05) is 0 Å². The molecule has 5 N–H and O–H groups in total. The van der Waals surface area contributed by atoms with Crippen molar-refractivity contribution >= 4 is 40.5 Å². The molecule has 0 bridgehead atoms. The zero-order chi connectivity index (χ0) is 27.8. The van der Waals surface area contributed by atoms with Crippen molar-refractivity contribution in [1.29, 1.82) is 0 Å². The molecule has 1 aliphatic carbocycles. The molecular weight excluding hydrogens is 546 g/mol. The molecule has 1 saturated heterocycles. The molecule has 0 amide bonds. The van der Waals surface area contributed by atoms with Crippen LogP contribution in [0.4, 0.5) is 23.4 Å². The van der Waals surface area contributed by atoms with Crippen LogP contribution in [0, 0.1) is 0 Å². The van der Waals surface area contributed by atoms with Crippen LogP contribution in [0.1, 0.15) is 17.4 Å². The Bertz CT molecular complexity index is 1460. The predicted octanol–water partition coefficient (Wildman–Crippen LogP) is 1.60. The van der Waals surface area contributed by atoms with E-state index >= 15 is 4.39 Å². The van der Waals surface area contributed by atoms with Crippen molar-refractivity contribution in [2.45, 2.75) is 48.4 Å². The third-order valence-corrected chi connectivity index (χ3v) is 6.65. The number of carbonyl (C=O) groups is 2. The maximum Gasteiger partial charge on any atom is 0.416 e. The highest BCUT2D eigenvalue weighted by Crippen LogP contribution is 2.58. The smallest absolute Gasteiger partial charge is 0.416 e. The molecule has 202 valence electrons. The number of carboxylic acids is 2. The van der Waals surface area contributed by atoms with Crippen LogP contribution in [0.2, 0.25) is 5.28 Å². The zero-order valence-corrected chi connectivity index (χ0v) is 19.4. The minimum absolute atomic E-state index is 0.0347. The first kappa shape index (κ1) is 26.0. The molecule has 3 heterocycles. The number of rotatable bonds is 7. The molecule has 1 saturated carbocycles. The Kier molecular flexibility index (Phi) is 5.79. The fourth-order valence-corrected chi connectivity index (χ4v) is 4.65. The van der Waals surface area contributed by atoms with Gasteiger partial charge in [-0.05, 0) is 23.2 Å². The Morgan fingerprint density at radius 2 is 1.92 bits per heavy atom. The minimum atomic E-state index is -4.78. The number of halogens is 5. The largest absolute Gasteiger partial charge is 0.479 e. The van der Waals surface area contributed by atoms with Gasteiger partial charge in [0, 0.05) is 6.42 Å². The van der Waals surface area contributed by atoms with Crippen molar-refractivity contribution in [1.82, 2.24) is 19.5 Å². The summed E-state index contributed by atoms with van der Waals surface area (Å²) >= 11 is 5.80. The number of carboxylic acid groups (broad SMARTS) is 2. The van der Waals surface area contributed by atoms with E-state index in [4.69, 9.17) is 26.8 Å². The summed E-state index contributed by atoms with van der Waals surface area (Å²) in [5.74, 6) is -4.27. The Hall–Kier alpha value is -3.60. The van der Waals surface area contributed by atoms with E-state index in [2.05, 4.69) is 15.0 Å². The number of aromatic nitrogens is 4. The maximum absolute atomic E-state index is 15.5. The molecule has 1 aliphatic heterocycles. The monoisotopic (exact) mass is 561 g/mol. The Balaban J connectivity index is 1.42. The molecule has 2 aliphatic rings. The van der Waals surface area contributed by atoms with Crippen molar-refractivity contribution in [2.75, 3.05) is 5.73 Å². The highest BCUT2D eigenvalue weighted by atomic mass is 35.5. The van der Waals surface area contributed by atoms with E-state index in [0.717, 1.165) is 29.1 Å². The molecule has 38 heavy (non-hydrogen) atoms. The van der Waals surface area contributed by atoms with Crippen molar-refractivity contribution < 1.29 is 51.9 Å². The number of ether oxygens (including phenoxy) is 2. The third-order valence-electron chi connectivity index (χ3n) is 6.48. The molecule has 5 rings (SSSR count). The van der Waals surface area contributed by atoms with Crippen molar-refractivity contribution in [3.8, 4) is 0 Å². The molecule has 5 atom stereocenters. The van der Waals surface area contributed by atoms with E-state index in [-0.39, 0.29) is 27.8 Å². The topological polar surface area (TPSA) is 183 Å². The Morgan fingerprint density at radius 3 is 2.50 bits per heavy atom. The number of anilines is 1. The zero-order valence-electron chi connectivity index (χ0n) is 18.6. The van der Waals surface area contributed by atoms with Crippen molar-refractivity contribution in [3.63, 3.8) is 0 Å². The number of aliphatic hydroxyl groups is 1. The Morgan fingerprint density at radius 1 is 1.24 bits per heavy atom. The first-order valence-corrected chi connectivity index (χ1v) is 11.1. The van der Waals surface area contributed by atoms with Gasteiger partial charge in [-0.2, -0.15) is 23.1 Å². The summed E-state index contributed by atoms with van der Waals surface area (Å²) in [5, 5.41) is 30.1. The number of nitrogens with zero attached hydrogens (tertiary/aromatic N) is 4. The van der Waals surface area contributed by atoms with Gasteiger partial charge in [-0.3, -0.25) is 4.57 Å². The highest BCUT2D eigenvalue weighted by Gasteiger charge is 2.80. The number of nitrogens with two attached hydrogens (primary N) is 1. The normalized spacial score (nSPS) is 26.9. The van der Waals surface area contributed by atoms with Gasteiger partial charge in [0.2, 0.25) is 5.28 Å². The summed E-state index contributed by atoms with van der Waals surface area (Å²) in [4.78, 5) is 35.8. The average Bonchev–Trinajstić information content (AvgIpc) is 3.07. The summed E-state index contributed by atoms with van der Waals surface area (Å²) < 4.78 is 66.6. The number of fused-ring (bicyclic) bond motifs is 2. The standard InChI is InChI=1S/C21H16ClF4N5O7/c22-18-29-13(27)9-14(30-18)31(6-28-9)15-10(23)20(36)11(37-15)12(20)38-19(16(32)33,17(34)35)5-7-2-1-3-8(4-7)21(24,25)26/h1-4,6,10-12,15,36H,5H2,(H,32,33)(H,34,35)(H2,27,29,30)/t10-,11-,12?,15-,20+/m1/s1. The molecule has 1 aromatic carbocycles. The quantitative estimate of drug-likeness (QED) is 0.187. The van der Waals surface area contributed by atoms with Gasteiger partial charge in [0.15, 0.2) is 29.5 Å². The van der Waals surface area contributed by atoms with Crippen LogP contribution in [0.15, 0.2) is 30.6 Å². The third kappa shape index (κ3) is 3.82. The summed E-state index contributed by atoms with van der Waals surface area (Å²) in [7, 11) is 0. The number of benzene rings is 1. The average molecular weight is 562 g/mol. The van der Waals surface area contributed by atoms with E-state index in [9.17, 15) is 38.1 Å². The lowest BCUT2D eigenvalue weighted by atomic mass is 9.93. The van der Waals surface area contributed by atoms with Crippen LogP contribution in [0.25, 0.3) is 11.2 Å². The van der Waals surface area contributed by atoms with Crippen molar-refractivity contribution in [3.05, 3.63) is 47.0 Å². The van der Waals surface area contributed by atoms with Gasteiger partial charge in [-0.1, -0.05) is 18.2 Å². The van der Waals surface area contributed by atoms with Gasteiger partial charge in [0.1, 0.15) is 17.7 Å². The van der Waals surface area contributed by atoms with Crippen LogP contribution < -0.4 is 5.73 Å². The lowest BCUT2D eigenvalue weighted by Crippen LogP contribution is -2.53. The summed E-state index contributed by atoms with van der Waals surface area (Å²) in [5.41, 5.74) is -1.41. The fraction of sp³-hybridized carbons (Fsp3) is 0.381. The van der Waals surface area contributed by atoms with Crippen LogP contribution in [-0.2, 0) is 31.7 Å². The molecule has 2 fully saturated rings. The molecule has 12 nitrogen and oxygen atoms in total. The number of alkyl halides is 4. The fourth-order valence-electron chi connectivity index (χ4n) is 4.48. The number of hydrogen-bond donors (Lipinski definition) is 4. The minimum Gasteiger partial charge on any atom is -0.479 e. The van der Waals surface area contributed by atoms with Crippen molar-refractivity contribution in [2.24, 2.45) is 0 Å². The van der Waals surface area contributed by atoms with Crippen LogP contribution in [-0.4, -0.2) is 76.4 Å². The van der Waals surface area contributed by atoms with E-state index in [1.54, 1.807) is 0 Å². The number of imidazole rings is 1. The van der Waals surface area contributed by atoms with Crippen LogP contribution in [0.3, 0.4) is 0 Å². The molecule has 0 spiro atoms. The lowest BCUT2D eigenvalue weighted by Gasteiger charge is -2.29. The summed E-state index contributed by atoms with van der Waals surface area (Å²) in [6, 6.07) is 3.33. The molecular formula is C21H16ClF4N5O7. The molecule has 3 aromatic rings. The predicted molar refractivity (Wildman–Crippen MR) is 117 cm³/mol. The van der Waals surface area contributed by atoms with Gasteiger partial charge in [0.25, 0.3) is 5.60 Å². The number of hydrogen-bond acceptors (Lipinski definition) is 9. The van der Waals surface area contributed by atoms with Crippen LogP contribution >= 0.6 is 11.6 Å². The van der Waals surface area contributed by atoms with E-state index < -0.39 is 65.9 Å². The van der Waals surface area contributed by atoms with Gasteiger partial charge >= 0.3 is 18.1 Å². The molecule has 0 radical (unpaired) electrons. The van der Waals surface area contributed by atoms with Gasteiger partial charge in [-0.15, -0.1) is 0 Å². The lowest BCUT2D eigenvalue weighted by molar-refractivity contribution is -0.194. The van der Waals surface area contributed by atoms with Gasteiger partial charge < -0.3 is 30.5 Å². The van der Waals surface area contributed by atoms with Gasteiger partial charge in [0.05, 0.1) is 11.9 Å². The van der Waals surface area contributed by atoms with E-state index in [1.165, 1.54) is 0 Å². The second-order valence-electron chi connectivity index (χ2n) is 8.79. The van der Waals surface area contributed by atoms with Gasteiger partial charge in [-0.25, -0.2) is 19.0 Å². The summed E-state index contributed by atoms with van der Waals surface area (Å²) in [6.07, 6.45) is -11.9. The molecule has 17 heteroatoms. The summed E-state index contributed by atoms with van der Waals surface area (Å²) in [6.45, 7) is 0. The maximum atomic E-state index is 15.5. The SMILES string of the molecule is Nc1nc(Cl)nc2c1ncn2[C@@H]1O[C@@H]2C(OC(Cc3cccc(C(F)(F)F)c3)(C(=O)O)C(=O)O)[C@]2(O)[C@@H]1F. The number of aliphatic carboxylic acids is 2. The molecule has 2 aromatic heterocycles.